The topological polar surface area (TPSA) is 29.5 Å². The summed E-state index contributed by atoms with van der Waals surface area (Å²) in [6.45, 7) is 2.82. The van der Waals surface area contributed by atoms with Crippen LogP contribution in [0.15, 0.2) is 42.0 Å². The van der Waals surface area contributed by atoms with Gasteiger partial charge < -0.3 is 9.84 Å². The molecule has 1 aromatic rings. The Morgan fingerprint density at radius 1 is 1.44 bits per heavy atom. The lowest BCUT2D eigenvalue weighted by Crippen LogP contribution is -2.07. The Hall–Kier alpha value is -1.54. The summed E-state index contributed by atoms with van der Waals surface area (Å²) >= 11 is 0. The minimum atomic E-state index is 0.0910. The van der Waals surface area contributed by atoms with Gasteiger partial charge >= 0.3 is 0 Å². The fourth-order valence-electron chi connectivity index (χ4n) is 1.89. The number of benzene rings is 1. The van der Waals surface area contributed by atoms with Crippen LogP contribution in [0.3, 0.4) is 0 Å². The molecule has 0 fully saturated rings. The van der Waals surface area contributed by atoms with E-state index in [0.29, 0.717) is 0 Å². The first-order valence-corrected chi connectivity index (χ1v) is 5.51. The highest BCUT2D eigenvalue weighted by atomic mass is 16.5. The Labute approximate surface area is 95.9 Å². The number of rotatable bonds is 2. The maximum atomic E-state index is 8.83. The molecule has 1 heterocycles. The van der Waals surface area contributed by atoms with Crippen LogP contribution in [0.1, 0.15) is 18.9 Å². The van der Waals surface area contributed by atoms with Gasteiger partial charge in [0.15, 0.2) is 0 Å². The molecule has 0 aromatic heterocycles. The van der Waals surface area contributed by atoms with Gasteiger partial charge in [-0.1, -0.05) is 35.9 Å². The molecule has 0 saturated heterocycles. The molecule has 0 bridgehead atoms. The number of fused-ring (bicyclic) bond motifs is 1. The summed E-state index contributed by atoms with van der Waals surface area (Å²) in [5.74, 6) is 0.955. The summed E-state index contributed by atoms with van der Waals surface area (Å²) in [7, 11) is 0. The predicted octanol–water partition coefficient (Wildman–Crippen LogP) is 2.79. The molecule has 0 saturated carbocycles. The molecule has 2 rings (SSSR count). The van der Waals surface area contributed by atoms with Crippen LogP contribution >= 0.6 is 0 Å². The Morgan fingerprint density at radius 2 is 2.25 bits per heavy atom. The molecule has 2 heteroatoms. The van der Waals surface area contributed by atoms with Crippen molar-refractivity contribution in [3.63, 3.8) is 0 Å². The van der Waals surface area contributed by atoms with E-state index in [0.717, 1.165) is 24.4 Å². The summed E-state index contributed by atoms with van der Waals surface area (Å²) in [4.78, 5) is 0. The normalized spacial score (nSPS) is 18.1. The van der Waals surface area contributed by atoms with Gasteiger partial charge in [-0.3, -0.25) is 0 Å². The largest absolute Gasteiger partial charge is 0.493 e. The lowest BCUT2D eigenvalue weighted by molar-refractivity contribution is 0.316. The van der Waals surface area contributed by atoms with Gasteiger partial charge in [-0.15, -0.1) is 0 Å². The number of para-hydroxylation sites is 1. The van der Waals surface area contributed by atoms with Crippen LogP contribution < -0.4 is 4.74 Å². The fraction of sp³-hybridized carbons (Fsp3) is 0.286. The van der Waals surface area contributed by atoms with Crippen LogP contribution in [0, 0.1) is 0 Å². The number of hydrogen-bond donors (Lipinski definition) is 1. The standard InChI is InChI=1S/C14H16O2/c1-11(6-8-15)10-12-7-9-16-14-5-3-2-4-13(12)14/h2-6,10,15H,7-9H2,1H3/b11-6?,12-10+. The van der Waals surface area contributed by atoms with Crippen LogP contribution in [0.2, 0.25) is 0 Å². The van der Waals surface area contributed by atoms with Crippen LogP contribution in [-0.4, -0.2) is 18.3 Å². The summed E-state index contributed by atoms with van der Waals surface area (Å²) in [5, 5.41) is 8.83. The molecule has 2 nitrogen and oxygen atoms in total. The van der Waals surface area contributed by atoms with Crippen LogP contribution in [0.4, 0.5) is 0 Å². The third kappa shape index (κ3) is 2.34. The summed E-state index contributed by atoms with van der Waals surface area (Å²) in [6, 6.07) is 8.07. The molecular formula is C14H16O2. The van der Waals surface area contributed by atoms with Crippen molar-refractivity contribution in [3.05, 3.63) is 47.6 Å². The molecular weight excluding hydrogens is 200 g/mol. The zero-order valence-corrected chi connectivity index (χ0v) is 9.44. The second-order valence-electron chi connectivity index (χ2n) is 3.89. The van der Waals surface area contributed by atoms with E-state index < -0.39 is 0 Å². The van der Waals surface area contributed by atoms with Gasteiger partial charge in [0, 0.05) is 12.0 Å². The van der Waals surface area contributed by atoms with Crippen molar-refractivity contribution in [1.29, 1.82) is 0 Å². The molecule has 0 radical (unpaired) electrons. The average Bonchev–Trinajstić information content (AvgIpc) is 2.30. The zero-order chi connectivity index (χ0) is 11.4. The van der Waals surface area contributed by atoms with E-state index in [9.17, 15) is 0 Å². The number of ether oxygens (including phenoxy) is 1. The Morgan fingerprint density at radius 3 is 3.06 bits per heavy atom. The smallest absolute Gasteiger partial charge is 0.126 e. The van der Waals surface area contributed by atoms with Crippen molar-refractivity contribution in [3.8, 4) is 5.75 Å². The van der Waals surface area contributed by atoms with Gasteiger partial charge in [-0.25, -0.2) is 0 Å². The van der Waals surface area contributed by atoms with Gasteiger partial charge in [-0.2, -0.15) is 0 Å². The maximum Gasteiger partial charge on any atom is 0.126 e. The molecule has 0 spiro atoms. The van der Waals surface area contributed by atoms with Crippen molar-refractivity contribution in [2.75, 3.05) is 13.2 Å². The Bertz CT molecular complexity index is 430. The highest BCUT2D eigenvalue weighted by molar-refractivity contribution is 5.73. The second kappa shape index (κ2) is 4.99. The zero-order valence-electron chi connectivity index (χ0n) is 9.44. The molecule has 1 aliphatic rings. The average molecular weight is 216 g/mol. The quantitative estimate of drug-likeness (QED) is 0.823. The first kappa shape index (κ1) is 11.0. The number of allylic oxidation sites excluding steroid dienone is 2. The number of aliphatic hydroxyl groups is 1. The van der Waals surface area contributed by atoms with E-state index in [1.54, 1.807) is 0 Å². The first-order chi connectivity index (χ1) is 7.81. The Kier molecular flexibility index (Phi) is 3.42. The summed E-state index contributed by atoms with van der Waals surface area (Å²) in [5.41, 5.74) is 3.54. The van der Waals surface area contributed by atoms with E-state index in [1.807, 2.05) is 31.2 Å². The Balaban J connectivity index is 2.35. The predicted molar refractivity (Wildman–Crippen MR) is 65.4 cm³/mol. The van der Waals surface area contributed by atoms with Gasteiger partial charge in [0.2, 0.25) is 0 Å². The van der Waals surface area contributed by atoms with Gasteiger partial charge in [0.25, 0.3) is 0 Å². The first-order valence-electron chi connectivity index (χ1n) is 5.51. The SMILES string of the molecule is CC(=CCO)/C=C1\CCOc2ccccc21. The molecule has 1 N–H and O–H groups in total. The number of aliphatic hydroxyl groups excluding tert-OH is 1. The van der Waals surface area contributed by atoms with E-state index in [4.69, 9.17) is 9.84 Å². The number of hydrogen-bond acceptors (Lipinski definition) is 2. The van der Waals surface area contributed by atoms with Crippen LogP contribution in [-0.2, 0) is 0 Å². The molecule has 0 aliphatic carbocycles. The molecule has 1 aliphatic heterocycles. The summed E-state index contributed by atoms with van der Waals surface area (Å²) in [6.07, 6.45) is 4.86. The van der Waals surface area contributed by atoms with E-state index in [1.165, 1.54) is 11.1 Å². The maximum absolute atomic E-state index is 8.83. The van der Waals surface area contributed by atoms with Gasteiger partial charge in [-0.05, 0) is 18.6 Å². The van der Waals surface area contributed by atoms with Crippen molar-refractivity contribution in [2.45, 2.75) is 13.3 Å². The molecule has 84 valence electrons. The van der Waals surface area contributed by atoms with Crippen LogP contribution in [0.5, 0.6) is 5.75 Å². The highest BCUT2D eigenvalue weighted by Crippen LogP contribution is 2.33. The van der Waals surface area contributed by atoms with Gasteiger partial charge in [0.1, 0.15) is 5.75 Å². The van der Waals surface area contributed by atoms with Crippen molar-refractivity contribution >= 4 is 5.57 Å². The third-order valence-corrected chi connectivity index (χ3v) is 2.68. The highest BCUT2D eigenvalue weighted by Gasteiger charge is 2.13. The van der Waals surface area contributed by atoms with E-state index in [2.05, 4.69) is 12.1 Å². The summed E-state index contributed by atoms with van der Waals surface area (Å²) < 4.78 is 5.59. The van der Waals surface area contributed by atoms with Crippen LogP contribution in [0.25, 0.3) is 5.57 Å². The van der Waals surface area contributed by atoms with Gasteiger partial charge in [0.05, 0.1) is 13.2 Å². The van der Waals surface area contributed by atoms with Crippen molar-refractivity contribution < 1.29 is 9.84 Å². The molecule has 0 amide bonds. The van der Waals surface area contributed by atoms with E-state index >= 15 is 0 Å². The fourth-order valence-corrected chi connectivity index (χ4v) is 1.89. The van der Waals surface area contributed by atoms with Crippen molar-refractivity contribution in [1.82, 2.24) is 0 Å². The van der Waals surface area contributed by atoms with E-state index in [-0.39, 0.29) is 6.61 Å². The molecule has 16 heavy (non-hydrogen) atoms. The monoisotopic (exact) mass is 216 g/mol. The lowest BCUT2D eigenvalue weighted by Gasteiger charge is -2.20. The minimum Gasteiger partial charge on any atom is -0.493 e. The third-order valence-electron chi connectivity index (χ3n) is 2.68. The molecule has 0 atom stereocenters. The lowest BCUT2D eigenvalue weighted by atomic mass is 9.98. The molecule has 1 aromatic carbocycles. The second-order valence-corrected chi connectivity index (χ2v) is 3.89. The molecule has 0 unspecified atom stereocenters. The van der Waals surface area contributed by atoms with Crippen molar-refractivity contribution in [2.24, 2.45) is 0 Å². The minimum absolute atomic E-state index is 0.0910.